The van der Waals surface area contributed by atoms with Crippen molar-refractivity contribution >= 4 is 40.5 Å². The Balaban J connectivity index is 1.39. The summed E-state index contributed by atoms with van der Waals surface area (Å²) in [6, 6.07) is 11.7. The fraction of sp³-hybridized carbons (Fsp3) is 0.130. The average Bonchev–Trinajstić information content (AvgIpc) is 3.64. The molecule has 6 rings (SSSR count). The Hall–Kier alpha value is -3.80. The third-order valence-corrected chi connectivity index (χ3v) is 7.63. The third kappa shape index (κ3) is 3.81. The molecule has 0 amide bonds. The number of hydrogen-bond donors (Lipinski definition) is 2. The number of hydrogen-bond acceptors (Lipinski definition) is 7. The van der Waals surface area contributed by atoms with E-state index >= 15 is 0 Å². The lowest BCUT2D eigenvalue weighted by Crippen LogP contribution is -2.23. The second kappa shape index (κ2) is 8.70. The first-order chi connectivity index (χ1) is 17.4. The van der Waals surface area contributed by atoms with Gasteiger partial charge in [-0.3, -0.25) is 4.79 Å². The van der Waals surface area contributed by atoms with E-state index in [-0.39, 0.29) is 16.5 Å². The number of carboxylic acid groups (broad SMARTS) is 1. The first kappa shape index (κ1) is 22.7. The minimum atomic E-state index is -1.01. The molecule has 1 aliphatic heterocycles. The van der Waals surface area contributed by atoms with E-state index in [0.717, 1.165) is 22.6 Å². The van der Waals surface area contributed by atoms with Crippen molar-refractivity contribution in [1.82, 2.24) is 34.7 Å². The van der Waals surface area contributed by atoms with Crippen LogP contribution in [-0.4, -0.2) is 45.8 Å². The predicted octanol–water partition coefficient (Wildman–Crippen LogP) is 4.48. The number of nitrogens with one attached hydrogen (secondary N) is 1. The number of H-pyrrole nitrogens is 1. The molecule has 2 N–H and O–H groups in total. The van der Waals surface area contributed by atoms with Crippen LogP contribution >= 0.6 is 34.5 Å². The second-order valence-corrected chi connectivity index (χ2v) is 10.1. The van der Waals surface area contributed by atoms with Crippen LogP contribution in [0.3, 0.4) is 0 Å². The molecule has 0 spiro atoms. The van der Waals surface area contributed by atoms with Gasteiger partial charge in [-0.15, -0.1) is 16.4 Å². The van der Waals surface area contributed by atoms with Gasteiger partial charge in [0.05, 0.1) is 16.6 Å². The Kier molecular flexibility index (Phi) is 5.47. The quantitative estimate of drug-likeness (QED) is 0.336. The molecule has 0 bridgehead atoms. The van der Waals surface area contributed by atoms with Gasteiger partial charge in [0.1, 0.15) is 27.9 Å². The van der Waals surface area contributed by atoms with E-state index in [2.05, 4.69) is 25.5 Å². The molecule has 180 valence electrons. The van der Waals surface area contributed by atoms with E-state index in [4.69, 9.17) is 23.2 Å². The summed E-state index contributed by atoms with van der Waals surface area (Å²) in [6.07, 6.45) is 2.79. The summed E-state index contributed by atoms with van der Waals surface area (Å²) >= 11 is 13.8. The lowest BCUT2D eigenvalue weighted by atomic mass is 10.0. The number of aromatic amines is 1. The van der Waals surface area contributed by atoms with E-state index < -0.39 is 5.97 Å². The van der Waals surface area contributed by atoms with Crippen molar-refractivity contribution in [3.05, 3.63) is 85.7 Å². The summed E-state index contributed by atoms with van der Waals surface area (Å²) in [5.74, 6) is -0.459. The maximum atomic E-state index is 13.4. The number of fused-ring (bicyclic) bond motifs is 1. The average molecular weight is 540 g/mol. The zero-order valence-electron chi connectivity index (χ0n) is 18.2. The number of carboxylic acids is 1. The van der Waals surface area contributed by atoms with Gasteiger partial charge in [-0.1, -0.05) is 23.2 Å². The molecule has 0 saturated carbocycles. The Morgan fingerprint density at radius 2 is 2.03 bits per heavy atom. The van der Waals surface area contributed by atoms with Crippen molar-refractivity contribution in [2.24, 2.45) is 0 Å². The van der Waals surface area contributed by atoms with Gasteiger partial charge in [0.2, 0.25) is 0 Å². The molecule has 0 saturated heterocycles. The molecule has 36 heavy (non-hydrogen) atoms. The molecule has 10 nitrogen and oxygen atoms in total. The lowest BCUT2D eigenvalue weighted by molar-refractivity contribution is 0.0702. The Morgan fingerprint density at radius 1 is 1.17 bits per heavy atom. The normalized spacial score (nSPS) is 14.8. The maximum absolute atomic E-state index is 13.4. The van der Waals surface area contributed by atoms with E-state index in [1.54, 1.807) is 34.9 Å². The molecular weight excluding hydrogens is 525 g/mol. The Labute approximate surface area is 216 Å². The van der Waals surface area contributed by atoms with Crippen molar-refractivity contribution in [1.29, 1.82) is 0 Å². The van der Waals surface area contributed by atoms with Gasteiger partial charge in [-0.25, -0.2) is 9.78 Å². The Morgan fingerprint density at radius 3 is 2.78 bits per heavy atom. The zero-order valence-corrected chi connectivity index (χ0v) is 20.5. The van der Waals surface area contributed by atoms with Gasteiger partial charge in [0, 0.05) is 22.3 Å². The number of aromatic carboxylic acids is 1. The fourth-order valence-electron chi connectivity index (χ4n) is 4.49. The number of thiophene rings is 1. The molecule has 0 unspecified atom stereocenters. The summed E-state index contributed by atoms with van der Waals surface area (Å²) < 4.78 is 3.23. The van der Waals surface area contributed by atoms with Gasteiger partial charge in [0.15, 0.2) is 0 Å². The number of imidazole rings is 1. The number of halogens is 2. The zero-order chi connectivity index (χ0) is 25.0. The monoisotopic (exact) mass is 539 g/mol. The number of benzene rings is 1. The highest BCUT2D eigenvalue weighted by Gasteiger charge is 2.29. The summed E-state index contributed by atoms with van der Waals surface area (Å²) in [5, 5.41) is 21.4. The maximum Gasteiger partial charge on any atom is 0.345 e. The minimum absolute atomic E-state index is 0.189. The van der Waals surface area contributed by atoms with Crippen molar-refractivity contribution in [2.45, 2.75) is 18.9 Å². The molecule has 5 heterocycles. The molecule has 4 aromatic heterocycles. The Bertz CT molecular complexity index is 1690. The number of tetrazole rings is 1. The van der Waals surface area contributed by atoms with Crippen LogP contribution in [0, 0.1) is 0 Å². The van der Waals surface area contributed by atoms with Crippen molar-refractivity contribution < 1.29 is 9.90 Å². The van der Waals surface area contributed by atoms with Gasteiger partial charge in [0.25, 0.3) is 5.56 Å². The van der Waals surface area contributed by atoms with Gasteiger partial charge < -0.3 is 14.7 Å². The summed E-state index contributed by atoms with van der Waals surface area (Å²) in [4.78, 5) is 33.2. The number of nitrogens with zero attached hydrogens (tertiary/aromatic N) is 6. The van der Waals surface area contributed by atoms with Crippen LogP contribution in [0.25, 0.3) is 27.4 Å². The van der Waals surface area contributed by atoms with Crippen LogP contribution in [-0.2, 0) is 6.42 Å². The number of pyridine rings is 1. The van der Waals surface area contributed by atoms with Crippen LogP contribution in [0.2, 0.25) is 10.2 Å². The molecule has 1 aromatic carbocycles. The minimum Gasteiger partial charge on any atom is -0.477 e. The smallest absolute Gasteiger partial charge is 0.345 e. The SMILES string of the molecule is O=C(O)c1ccc(-c2nc([C@@H]3CCc4cc(-c5cc(Cl)ccc5-n5cnnn5)cc(=O)n43)[nH]c2Cl)s1. The molecule has 13 heteroatoms. The second-order valence-electron chi connectivity index (χ2n) is 8.17. The molecule has 1 atom stereocenters. The third-order valence-electron chi connectivity index (χ3n) is 6.04. The largest absolute Gasteiger partial charge is 0.477 e. The van der Waals surface area contributed by atoms with Gasteiger partial charge in [-0.05, 0) is 65.2 Å². The molecular formula is C23H15Cl2N7O3S. The van der Waals surface area contributed by atoms with Crippen LogP contribution < -0.4 is 5.56 Å². The van der Waals surface area contributed by atoms with E-state index in [0.29, 0.717) is 50.7 Å². The van der Waals surface area contributed by atoms with Gasteiger partial charge >= 0.3 is 5.97 Å². The first-order valence-corrected chi connectivity index (χ1v) is 12.3. The standard InChI is InChI=1S/C23H15Cl2N7O3S/c24-12-1-3-15(31-10-26-29-30-31)14(9-12)11-7-13-2-4-16(32(13)19(33)8-11)22-27-20(21(25)28-22)17-5-6-18(36-17)23(34)35/h1,3,5-10,16H,2,4H2,(H,27,28)(H,34,35)/t16-/m0/s1. The lowest BCUT2D eigenvalue weighted by Gasteiger charge is -2.14. The number of aryl methyl sites for hydroxylation is 1. The van der Waals surface area contributed by atoms with Crippen LogP contribution in [0.1, 0.15) is 33.7 Å². The molecule has 0 radical (unpaired) electrons. The molecule has 0 fully saturated rings. The highest BCUT2D eigenvalue weighted by molar-refractivity contribution is 7.17. The summed E-state index contributed by atoms with van der Waals surface area (Å²) in [7, 11) is 0. The van der Waals surface area contributed by atoms with Gasteiger partial charge in [-0.2, -0.15) is 4.68 Å². The van der Waals surface area contributed by atoms with Crippen LogP contribution in [0.5, 0.6) is 0 Å². The number of aromatic nitrogens is 7. The van der Waals surface area contributed by atoms with Crippen molar-refractivity contribution in [2.75, 3.05) is 0 Å². The highest BCUT2D eigenvalue weighted by Crippen LogP contribution is 2.37. The topological polar surface area (TPSA) is 132 Å². The predicted molar refractivity (Wildman–Crippen MR) is 134 cm³/mol. The summed E-state index contributed by atoms with van der Waals surface area (Å²) in [5.41, 5.74) is 3.26. The molecule has 5 aromatic rings. The van der Waals surface area contributed by atoms with Crippen molar-refractivity contribution in [3.8, 4) is 27.4 Å². The van der Waals surface area contributed by atoms with Crippen LogP contribution in [0.4, 0.5) is 0 Å². The van der Waals surface area contributed by atoms with Crippen molar-refractivity contribution in [3.63, 3.8) is 0 Å². The molecule has 0 aliphatic carbocycles. The molecule has 1 aliphatic rings. The van der Waals surface area contributed by atoms with E-state index in [1.165, 1.54) is 17.1 Å². The summed E-state index contributed by atoms with van der Waals surface area (Å²) in [6.45, 7) is 0. The number of rotatable bonds is 5. The number of carbonyl (C=O) groups is 1. The fourth-order valence-corrected chi connectivity index (χ4v) is 5.80. The highest BCUT2D eigenvalue weighted by atomic mass is 35.5. The first-order valence-electron chi connectivity index (χ1n) is 10.8. The van der Waals surface area contributed by atoms with E-state index in [1.807, 2.05) is 6.07 Å². The van der Waals surface area contributed by atoms with Crippen LogP contribution in [0.15, 0.2) is 53.6 Å². The van der Waals surface area contributed by atoms with E-state index in [9.17, 15) is 14.7 Å².